The lowest BCUT2D eigenvalue weighted by atomic mass is 9.89. The molecule has 1 aromatic heterocycles. The molecular weight excluding hydrogens is 829 g/mol. The minimum Gasteiger partial charge on any atom is -0.459 e. The van der Waals surface area contributed by atoms with Gasteiger partial charge in [-0.15, -0.1) is 0 Å². The number of aryl methyl sites for hydroxylation is 1. The molecule has 1 aliphatic heterocycles. The number of hydrogen-bond acceptors (Lipinski definition) is 4. The highest BCUT2D eigenvalue weighted by atomic mass is 16.5. The van der Waals surface area contributed by atoms with Crippen molar-refractivity contribution in [3.05, 3.63) is 276 Å². The van der Waals surface area contributed by atoms with Crippen LogP contribution in [0.15, 0.2) is 253 Å². The summed E-state index contributed by atoms with van der Waals surface area (Å²) in [5, 5.41) is 1.08. The Kier molecular flexibility index (Phi) is 15.0. The second-order valence-electron chi connectivity index (χ2n) is 16.8. The van der Waals surface area contributed by atoms with Crippen LogP contribution in [0, 0.1) is 6.92 Å². The Bertz CT molecular complexity index is 3100. The maximum atomic E-state index is 6.47. The molecule has 68 heavy (non-hydrogen) atoms. The monoisotopic (exact) mass is 888 g/mol. The van der Waals surface area contributed by atoms with Crippen LogP contribution in [0.5, 0.6) is 5.75 Å². The second kappa shape index (κ2) is 21.9. The third-order valence-electron chi connectivity index (χ3n) is 12.5. The van der Waals surface area contributed by atoms with Gasteiger partial charge in [0.2, 0.25) is 0 Å². The Balaban J connectivity index is 0.975. The molecule has 4 heteroatoms. The highest BCUT2D eigenvalue weighted by molar-refractivity contribution is 5.99. The number of para-hydroxylation sites is 3. The number of rotatable bonds is 17. The number of fused-ring (bicyclic) bond motifs is 2. The van der Waals surface area contributed by atoms with E-state index in [2.05, 4.69) is 232 Å². The molecule has 2 aliphatic rings. The number of furan rings is 1. The van der Waals surface area contributed by atoms with Crippen molar-refractivity contribution in [2.45, 2.75) is 46.0 Å². The first kappa shape index (κ1) is 46.4. The van der Waals surface area contributed by atoms with Crippen molar-refractivity contribution in [3.8, 4) is 16.9 Å². The minimum atomic E-state index is 0.255. The van der Waals surface area contributed by atoms with Crippen LogP contribution in [0.3, 0.4) is 0 Å². The molecule has 0 radical (unpaired) electrons. The average Bonchev–Trinajstić information content (AvgIpc) is 3.71. The molecule has 0 saturated carbocycles. The molecule has 0 saturated heterocycles. The predicted molar refractivity (Wildman–Crippen MR) is 291 cm³/mol. The largest absolute Gasteiger partial charge is 0.459 e. The van der Waals surface area contributed by atoms with E-state index in [-0.39, 0.29) is 5.92 Å². The van der Waals surface area contributed by atoms with E-state index < -0.39 is 0 Å². The van der Waals surface area contributed by atoms with E-state index in [4.69, 9.17) is 9.15 Å². The third kappa shape index (κ3) is 10.2. The molecule has 0 amide bonds. The summed E-state index contributed by atoms with van der Waals surface area (Å²) >= 11 is 0. The molecule has 2 heterocycles. The Morgan fingerprint density at radius 1 is 0.794 bits per heavy atom. The van der Waals surface area contributed by atoms with Gasteiger partial charge in [0.05, 0.1) is 11.4 Å². The van der Waals surface area contributed by atoms with Gasteiger partial charge >= 0.3 is 0 Å². The number of benzene rings is 5. The number of nitrogens with zero attached hydrogens (tertiary/aromatic N) is 2. The second-order valence-corrected chi connectivity index (χ2v) is 16.8. The molecule has 6 aromatic rings. The summed E-state index contributed by atoms with van der Waals surface area (Å²) in [6, 6.07) is 40.8. The molecular formula is C64H60N2O2. The first-order valence-corrected chi connectivity index (χ1v) is 23.5. The average molecular weight is 889 g/mol. The van der Waals surface area contributed by atoms with E-state index in [1.807, 2.05) is 32.1 Å². The summed E-state index contributed by atoms with van der Waals surface area (Å²) in [5.41, 5.74) is 15.3. The van der Waals surface area contributed by atoms with Crippen molar-refractivity contribution in [2.75, 3.05) is 16.8 Å². The van der Waals surface area contributed by atoms with E-state index in [1.54, 1.807) is 6.08 Å². The quantitative estimate of drug-likeness (QED) is 0.0853. The lowest BCUT2D eigenvalue weighted by Gasteiger charge is -2.29. The van der Waals surface area contributed by atoms with E-state index in [9.17, 15) is 0 Å². The fourth-order valence-corrected chi connectivity index (χ4v) is 9.04. The van der Waals surface area contributed by atoms with Gasteiger partial charge in [-0.3, -0.25) is 0 Å². The standard InChI is InChI=1S/C64H60N2O2/c1-8-13-31-57-46(6)67-64-59(57)33-21-35-61(64)66(55-29-15-14-16-30-55)56-42-40-51(41-43-56)50-36-38-53(39-37-50)58-32-18-17-24-52(58)26-19-25-47(10-3)49(23-9-2)28-22-44-65(7)60-34-20-27-54-45-48(11-4)62(12-5)68-63(54)60/h8-11,13-40,42-44,51H,1,3-4,12,41,45H2,2,5-7H3/b23-9-,26-19+,31-13-,44-22+,47-25+,49-28+/t51-/m1/s1. The van der Waals surface area contributed by atoms with Crippen LogP contribution in [-0.4, -0.2) is 7.05 Å². The lowest BCUT2D eigenvalue weighted by molar-refractivity contribution is 0.389. The highest BCUT2D eigenvalue weighted by Crippen LogP contribution is 2.42. The molecule has 8 rings (SSSR count). The van der Waals surface area contributed by atoms with Gasteiger partial charge < -0.3 is 19.0 Å². The van der Waals surface area contributed by atoms with Crippen molar-refractivity contribution < 1.29 is 9.15 Å². The first-order valence-electron chi connectivity index (χ1n) is 23.5. The smallest absolute Gasteiger partial charge is 0.158 e. The number of allylic oxidation sites excluding steroid dienone is 17. The van der Waals surface area contributed by atoms with Crippen molar-refractivity contribution in [1.29, 1.82) is 0 Å². The van der Waals surface area contributed by atoms with Gasteiger partial charge in [-0.1, -0.05) is 197 Å². The highest BCUT2D eigenvalue weighted by Gasteiger charge is 2.24. The Morgan fingerprint density at radius 3 is 2.29 bits per heavy atom. The van der Waals surface area contributed by atoms with E-state index in [0.29, 0.717) is 0 Å². The summed E-state index contributed by atoms with van der Waals surface area (Å²) in [6.45, 7) is 18.2. The van der Waals surface area contributed by atoms with E-state index in [0.717, 1.165) is 98.1 Å². The Labute approximate surface area is 403 Å². The molecule has 4 nitrogen and oxygen atoms in total. The maximum absolute atomic E-state index is 6.47. The van der Waals surface area contributed by atoms with Gasteiger partial charge in [-0.25, -0.2) is 0 Å². The van der Waals surface area contributed by atoms with Crippen LogP contribution >= 0.6 is 0 Å². The van der Waals surface area contributed by atoms with Gasteiger partial charge in [-0.05, 0) is 95.7 Å². The number of anilines is 3. The van der Waals surface area contributed by atoms with Crippen LogP contribution in [0.1, 0.15) is 60.6 Å². The summed E-state index contributed by atoms with van der Waals surface area (Å²) in [6.07, 6.45) is 36.0. The molecule has 0 unspecified atom stereocenters. The van der Waals surface area contributed by atoms with Crippen LogP contribution in [0.25, 0.3) is 34.2 Å². The molecule has 1 aliphatic carbocycles. The van der Waals surface area contributed by atoms with Gasteiger partial charge in [-0.2, -0.15) is 0 Å². The molecule has 0 fully saturated rings. The van der Waals surface area contributed by atoms with Crippen molar-refractivity contribution in [1.82, 2.24) is 0 Å². The summed E-state index contributed by atoms with van der Waals surface area (Å²) in [5.74, 6) is 3.03. The van der Waals surface area contributed by atoms with Gasteiger partial charge in [0.15, 0.2) is 11.3 Å². The Hall–Kier alpha value is -8.08. The van der Waals surface area contributed by atoms with Crippen LogP contribution < -0.4 is 14.5 Å². The number of hydrogen-bond donors (Lipinski definition) is 0. The van der Waals surface area contributed by atoms with Crippen molar-refractivity contribution in [2.24, 2.45) is 0 Å². The molecule has 0 N–H and O–H groups in total. The van der Waals surface area contributed by atoms with Gasteiger partial charge in [0, 0.05) is 59.9 Å². The Morgan fingerprint density at radius 2 is 1.56 bits per heavy atom. The van der Waals surface area contributed by atoms with E-state index in [1.165, 1.54) is 22.3 Å². The van der Waals surface area contributed by atoms with Crippen molar-refractivity contribution in [3.63, 3.8) is 0 Å². The van der Waals surface area contributed by atoms with Crippen LogP contribution in [0.2, 0.25) is 0 Å². The maximum Gasteiger partial charge on any atom is 0.158 e. The molecule has 1 atom stereocenters. The van der Waals surface area contributed by atoms with Gasteiger partial charge in [0.25, 0.3) is 0 Å². The van der Waals surface area contributed by atoms with Gasteiger partial charge in [0.1, 0.15) is 11.5 Å². The van der Waals surface area contributed by atoms with Crippen LogP contribution in [-0.2, 0) is 6.42 Å². The molecule has 338 valence electrons. The SMILES string of the molecule is C=C/C=C\c1c(C)oc2c(N(C3=CC[C@H](c4ccc(-c5ccccc5/C=C/C=C(C=C)/C(/C=C\C)=C/C=C/N(C)c5cccc6c5OC(CC)=C(C=C)C6)cc4)C=C3)c3ccccc3)cccc12. The lowest BCUT2D eigenvalue weighted by Crippen LogP contribution is -2.17. The fraction of sp³-hybridized carbons (Fsp3) is 0.125. The van der Waals surface area contributed by atoms with Crippen molar-refractivity contribution >= 4 is 40.2 Å². The zero-order valence-electron chi connectivity index (χ0n) is 39.7. The topological polar surface area (TPSA) is 28.9 Å². The third-order valence-corrected chi connectivity index (χ3v) is 12.5. The predicted octanol–water partition coefficient (Wildman–Crippen LogP) is 17.4. The summed E-state index contributed by atoms with van der Waals surface area (Å²) in [7, 11) is 2.06. The fourth-order valence-electron chi connectivity index (χ4n) is 9.04. The molecule has 0 bridgehead atoms. The van der Waals surface area contributed by atoms with E-state index >= 15 is 0 Å². The summed E-state index contributed by atoms with van der Waals surface area (Å²) in [4.78, 5) is 4.42. The van der Waals surface area contributed by atoms with Crippen LogP contribution in [0.4, 0.5) is 17.1 Å². The normalized spacial score (nSPS) is 15.4. The molecule has 0 spiro atoms. The first-order chi connectivity index (χ1) is 33.3. The zero-order valence-corrected chi connectivity index (χ0v) is 39.7. The zero-order chi connectivity index (χ0) is 47.4. The number of ether oxygens (including phenoxy) is 1. The molecule has 5 aromatic carbocycles. The minimum absolute atomic E-state index is 0.255. The summed E-state index contributed by atoms with van der Waals surface area (Å²) < 4.78 is 12.9.